The van der Waals surface area contributed by atoms with Crippen molar-refractivity contribution in [2.45, 2.75) is 56.0 Å². The van der Waals surface area contributed by atoms with Crippen molar-refractivity contribution in [3.8, 4) is 0 Å². The van der Waals surface area contributed by atoms with Gasteiger partial charge in [0.2, 0.25) is 11.8 Å². The Morgan fingerprint density at radius 2 is 1.89 bits per heavy atom. The van der Waals surface area contributed by atoms with Gasteiger partial charge in [-0.15, -0.1) is 0 Å². The maximum absolute atomic E-state index is 15.6. The molecule has 3 atom stereocenters. The van der Waals surface area contributed by atoms with Crippen molar-refractivity contribution in [2.75, 3.05) is 18.4 Å². The molecule has 0 radical (unpaired) electrons. The molecule has 2 aromatic carbocycles. The van der Waals surface area contributed by atoms with Crippen LogP contribution < -0.4 is 10.6 Å². The maximum Gasteiger partial charge on any atom is 0.237 e. The van der Waals surface area contributed by atoms with Crippen molar-refractivity contribution >= 4 is 46.5 Å². The minimum absolute atomic E-state index is 0.0476. The number of rotatable bonds is 3. The van der Waals surface area contributed by atoms with Crippen LogP contribution in [0.3, 0.4) is 0 Å². The molecule has 2 aromatic rings. The third-order valence-electron chi connectivity index (χ3n) is 8.07. The number of fused-ring (bicyclic) bond motifs is 3. The second kappa shape index (κ2) is 8.57. The summed E-state index contributed by atoms with van der Waals surface area (Å²) in [6, 6.07) is 9.07. The number of halogens is 3. The molecule has 35 heavy (non-hydrogen) atoms. The molecule has 3 heterocycles. The largest absolute Gasteiger partial charge is 0.343 e. The molecular formula is C26H26Cl2FN3O3. The van der Waals surface area contributed by atoms with Gasteiger partial charge >= 0.3 is 0 Å². The predicted octanol–water partition coefficient (Wildman–Crippen LogP) is 4.44. The number of carbonyl (C=O) groups is 3. The molecule has 9 heteroatoms. The van der Waals surface area contributed by atoms with Gasteiger partial charge in [0.1, 0.15) is 17.0 Å². The Bertz CT molecular complexity index is 1240. The van der Waals surface area contributed by atoms with Crippen LogP contribution in [0.15, 0.2) is 36.4 Å². The average Bonchev–Trinajstić information content (AvgIpc) is 3.28. The van der Waals surface area contributed by atoms with Gasteiger partial charge in [0.25, 0.3) is 0 Å². The molecule has 3 aliphatic heterocycles. The second-order valence-electron chi connectivity index (χ2n) is 9.60. The lowest BCUT2D eigenvalue weighted by molar-refractivity contribution is -0.132. The highest BCUT2D eigenvalue weighted by Crippen LogP contribution is 2.62. The van der Waals surface area contributed by atoms with Crippen LogP contribution in [-0.4, -0.2) is 47.2 Å². The summed E-state index contributed by atoms with van der Waals surface area (Å²) in [5.74, 6) is -1.96. The first-order valence-corrected chi connectivity index (χ1v) is 12.5. The summed E-state index contributed by atoms with van der Waals surface area (Å²) >= 11 is 12.5. The van der Waals surface area contributed by atoms with Crippen LogP contribution in [0.25, 0.3) is 0 Å². The Morgan fingerprint density at radius 1 is 1.17 bits per heavy atom. The van der Waals surface area contributed by atoms with Crippen molar-refractivity contribution < 1.29 is 18.8 Å². The summed E-state index contributed by atoms with van der Waals surface area (Å²) in [6.07, 6.45) is 1.07. The van der Waals surface area contributed by atoms with Crippen molar-refractivity contribution in [1.82, 2.24) is 10.2 Å². The van der Waals surface area contributed by atoms with Gasteiger partial charge in [-0.05, 0) is 42.2 Å². The third kappa shape index (κ3) is 3.35. The van der Waals surface area contributed by atoms with Crippen LogP contribution in [0, 0.1) is 5.82 Å². The molecule has 0 saturated carbocycles. The normalized spacial score (nSPS) is 26.8. The first-order valence-electron chi connectivity index (χ1n) is 11.8. The van der Waals surface area contributed by atoms with E-state index in [0.29, 0.717) is 42.2 Å². The van der Waals surface area contributed by atoms with E-state index in [-0.39, 0.29) is 34.6 Å². The predicted molar refractivity (Wildman–Crippen MR) is 132 cm³/mol. The minimum atomic E-state index is -1.31. The third-order valence-corrected chi connectivity index (χ3v) is 8.60. The zero-order chi connectivity index (χ0) is 25.1. The fourth-order valence-electron chi connectivity index (χ4n) is 6.54. The highest BCUT2D eigenvalue weighted by Gasteiger charge is 2.72. The van der Waals surface area contributed by atoms with Gasteiger partial charge in [-0.2, -0.15) is 0 Å². The molecule has 0 aromatic heterocycles. The topological polar surface area (TPSA) is 78.5 Å². The summed E-state index contributed by atoms with van der Waals surface area (Å²) in [5.41, 5.74) is -0.754. The number of nitrogens with one attached hydrogen (secondary N) is 2. The van der Waals surface area contributed by atoms with Gasteiger partial charge in [0.05, 0.1) is 11.1 Å². The van der Waals surface area contributed by atoms with Gasteiger partial charge in [-0.1, -0.05) is 48.3 Å². The molecule has 0 bridgehead atoms. The van der Waals surface area contributed by atoms with Crippen molar-refractivity contribution in [3.05, 3.63) is 63.4 Å². The van der Waals surface area contributed by atoms with E-state index in [9.17, 15) is 14.4 Å². The number of hydrogen-bond donors (Lipinski definition) is 2. The number of benzene rings is 2. The van der Waals surface area contributed by atoms with E-state index in [1.54, 1.807) is 42.2 Å². The Balaban J connectivity index is 1.80. The van der Waals surface area contributed by atoms with Crippen molar-refractivity contribution in [3.63, 3.8) is 0 Å². The van der Waals surface area contributed by atoms with Gasteiger partial charge in [0, 0.05) is 48.6 Å². The summed E-state index contributed by atoms with van der Waals surface area (Å²) in [6.45, 7) is 4.10. The number of ketones is 1. The van der Waals surface area contributed by atoms with E-state index in [0.717, 1.165) is 0 Å². The van der Waals surface area contributed by atoms with Crippen LogP contribution in [0.5, 0.6) is 0 Å². The van der Waals surface area contributed by atoms with Crippen molar-refractivity contribution in [2.24, 2.45) is 0 Å². The Morgan fingerprint density at radius 3 is 2.54 bits per heavy atom. The minimum Gasteiger partial charge on any atom is -0.343 e. The maximum atomic E-state index is 15.6. The SMILES string of the molecule is CCC(=O)[C@@H]1NC2(CCN(C(C)=O)CC2)[C@]2(C(=O)Nc3cc(Cl)ccc32)[C@H]1c1cccc(Cl)c1F. The van der Waals surface area contributed by atoms with Crippen LogP contribution in [0.4, 0.5) is 10.1 Å². The standard InChI is InChI=1S/C26H26Cl2FN3O3/c1-3-20(34)23-21(16-5-4-6-18(28)22(16)29)26(17-8-7-15(27)13-19(17)30-24(26)35)25(31-23)9-11-32(12-10-25)14(2)33/h4-8,13,21,23,31H,3,9-12H2,1-2H3,(H,30,35)/t21-,23-,26-/m0/s1. The number of carbonyl (C=O) groups excluding carboxylic acids is 3. The first kappa shape index (κ1) is 24.2. The molecule has 3 aliphatic rings. The Labute approximate surface area is 213 Å². The zero-order valence-corrected chi connectivity index (χ0v) is 21.0. The lowest BCUT2D eigenvalue weighted by atomic mass is 9.56. The van der Waals surface area contributed by atoms with Gasteiger partial charge in [-0.25, -0.2) is 4.39 Å². The Kier molecular flexibility index (Phi) is 5.93. The summed E-state index contributed by atoms with van der Waals surface area (Å²) in [4.78, 5) is 41.4. The molecule has 184 valence electrons. The second-order valence-corrected chi connectivity index (χ2v) is 10.4. The van der Waals surface area contributed by atoms with Gasteiger partial charge < -0.3 is 10.2 Å². The molecule has 2 spiro atoms. The number of nitrogens with zero attached hydrogens (tertiary/aromatic N) is 1. The molecule has 0 aliphatic carbocycles. The lowest BCUT2D eigenvalue weighted by Crippen LogP contribution is -2.64. The van der Waals surface area contributed by atoms with Crippen LogP contribution in [0.2, 0.25) is 10.0 Å². The van der Waals surface area contributed by atoms with E-state index in [4.69, 9.17) is 23.2 Å². The van der Waals surface area contributed by atoms with Crippen LogP contribution in [0.1, 0.15) is 50.2 Å². The highest BCUT2D eigenvalue weighted by molar-refractivity contribution is 6.31. The molecule has 6 nitrogen and oxygen atoms in total. The molecule has 0 unspecified atom stereocenters. The summed E-state index contributed by atoms with van der Waals surface area (Å²) in [7, 11) is 0. The van der Waals surface area contributed by atoms with Crippen LogP contribution >= 0.6 is 23.2 Å². The number of amides is 2. The lowest BCUT2D eigenvalue weighted by Gasteiger charge is -2.49. The molecule has 2 fully saturated rings. The molecular weight excluding hydrogens is 492 g/mol. The number of likely N-dealkylation sites (tertiary alicyclic amines) is 1. The Hall–Kier alpha value is -2.48. The van der Waals surface area contributed by atoms with E-state index in [1.165, 1.54) is 13.0 Å². The zero-order valence-electron chi connectivity index (χ0n) is 19.5. The van der Waals surface area contributed by atoms with E-state index in [1.807, 2.05) is 0 Å². The first-order chi connectivity index (χ1) is 16.7. The van der Waals surface area contributed by atoms with Gasteiger partial charge in [0.15, 0.2) is 0 Å². The molecule has 2 amide bonds. The molecule has 2 saturated heterocycles. The number of anilines is 1. The van der Waals surface area contributed by atoms with Gasteiger partial charge in [-0.3, -0.25) is 19.7 Å². The quantitative estimate of drug-likeness (QED) is 0.630. The van der Waals surface area contributed by atoms with Crippen LogP contribution in [-0.2, 0) is 19.8 Å². The monoisotopic (exact) mass is 517 g/mol. The van der Waals surface area contributed by atoms with E-state index in [2.05, 4.69) is 10.6 Å². The number of Topliss-reactive ketones (excluding diaryl/α,β-unsaturated/α-hetero) is 1. The highest BCUT2D eigenvalue weighted by atomic mass is 35.5. The fourth-order valence-corrected chi connectivity index (χ4v) is 6.89. The summed E-state index contributed by atoms with van der Waals surface area (Å²) < 4.78 is 15.6. The smallest absolute Gasteiger partial charge is 0.237 e. The number of piperidine rings is 1. The van der Waals surface area contributed by atoms with Crippen molar-refractivity contribution in [1.29, 1.82) is 0 Å². The average molecular weight is 518 g/mol. The molecule has 5 rings (SSSR count). The molecule has 2 N–H and O–H groups in total. The van der Waals surface area contributed by atoms with E-state index < -0.39 is 28.7 Å². The summed E-state index contributed by atoms with van der Waals surface area (Å²) in [5, 5.41) is 6.91. The van der Waals surface area contributed by atoms with E-state index >= 15 is 4.39 Å². The fraction of sp³-hybridized carbons (Fsp3) is 0.423. The number of hydrogen-bond acceptors (Lipinski definition) is 4.